The minimum atomic E-state index is -0.266. The summed E-state index contributed by atoms with van der Waals surface area (Å²) in [6.07, 6.45) is 2.23. The number of anilines is 1. The third-order valence-electron chi connectivity index (χ3n) is 4.37. The highest BCUT2D eigenvalue weighted by Gasteiger charge is 2.13. The second kappa shape index (κ2) is 9.60. The highest BCUT2D eigenvalue weighted by molar-refractivity contribution is 5.92. The summed E-state index contributed by atoms with van der Waals surface area (Å²) in [5.41, 5.74) is 2.45. The van der Waals surface area contributed by atoms with Crippen molar-refractivity contribution in [2.45, 2.75) is 19.9 Å². The van der Waals surface area contributed by atoms with E-state index in [1.807, 2.05) is 30.0 Å². The average molecular weight is 378 g/mol. The van der Waals surface area contributed by atoms with Crippen molar-refractivity contribution in [3.05, 3.63) is 89.5 Å². The van der Waals surface area contributed by atoms with Crippen LogP contribution in [0.2, 0.25) is 0 Å². The Labute approximate surface area is 164 Å². The van der Waals surface area contributed by atoms with E-state index in [4.69, 9.17) is 0 Å². The fourth-order valence-electron chi connectivity index (χ4n) is 2.82. The minimum Gasteiger partial charge on any atom is -0.350 e. The van der Waals surface area contributed by atoms with E-state index in [-0.39, 0.29) is 11.7 Å². The van der Waals surface area contributed by atoms with Crippen LogP contribution < -0.4 is 10.2 Å². The maximum absolute atomic E-state index is 12.9. The Bertz CT molecular complexity index is 900. The van der Waals surface area contributed by atoms with Crippen LogP contribution in [0.25, 0.3) is 0 Å². The van der Waals surface area contributed by atoms with Crippen LogP contribution in [0.5, 0.6) is 0 Å². The first-order valence-electron chi connectivity index (χ1n) is 9.30. The summed E-state index contributed by atoms with van der Waals surface area (Å²) in [6, 6.07) is 17.9. The van der Waals surface area contributed by atoms with Gasteiger partial charge in [-0.3, -0.25) is 4.79 Å². The minimum absolute atomic E-state index is 0.249. The Hall–Kier alpha value is -3.28. The third kappa shape index (κ3) is 5.36. The summed E-state index contributed by atoms with van der Waals surface area (Å²) in [5.74, 6) is 0.0105. The van der Waals surface area contributed by atoms with Gasteiger partial charge in [-0.05, 0) is 42.7 Å². The summed E-state index contributed by atoms with van der Waals surface area (Å²) in [7, 11) is 0. The number of carbonyl (C=O) groups is 1. The normalized spacial score (nSPS) is 10.5. The summed E-state index contributed by atoms with van der Waals surface area (Å²) < 4.78 is 12.9. The molecule has 1 amide bonds. The third-order valence-corrected chi connectivity index (χ3v) is 4.37. The number of carbonyl (C=O) groups excluding carboxylic acids is 1. The van der Waals surface area contributed by atoms with Crippen LogP contribution >= 0.6 is 0 Å². The van der Waals surface area contributed by atoms with E-state index in [1.165, 1.54) is 12.1 Å². The molecule has 0 aliphatic heterocycles. The van der Waals surface area contributed by atoms with Gasteiger partial charge >= 0.3 is 0 Å². The van der Waals surface area contributed by atoms with Gasteiger partial charge in [-0.2, -0.15) is 0 Å². The number of halogens is 1. The predicted octanol–water partition coefficient (Wildman–Crippen LogP) is 3.61. The molecular weight excluding hydrogens is 355 g/mol. The zero-order valence-corrected chi connectivity index (χ0v) is 15.8. The fourth-order valence-corrected chi connectivity index (χ4v) is 2.82. The highest BCUT2D eigenvalue weighted by atomic mass is 19.1. The molecule has 1 heterocycles. The number of aromatic nitrogens is 2. The van der Waals surface area contributed by atoms with Gasteiger partial charge in [-0.25, -0.2) is 14.4 Å². The van der Waals surface area contributed by atoms with Gasteiger partial charge in [0.25, 0.3) is 5.91 Å². The van der Waals surface area contributed by atoms with Crippen molar-refractivity contribution < 1.29 is 9.18 Å². The van der Waals surface area contributed by atoms with Crippen molar-refractivity contribution in [1.29, 1.82) is 0 Å². The molecular formula is C22H23FN4O. The van der Waals surface area contributed by atoms with Crippen molar-refractivity contribution in [3.63, 3.8) is 0 Å². The fraction of sp³-hybridized carbons (Fsp3) is 0.227. The standard InChI is InChI=1S/C22H23FN4O/c1-2-27(16-18-6-4-3-5-7-18)22-25-15-13-20(26-22)21(28)24-14-12-17-8-10-19(23)11-9-17/h3-11,13,15H,2,12,14,16H2,1H3,(H,24,28). The largest absolute Gasteiger partial charge is 0.350 e. The van der Waals surface area contributed by atoms with Crippen molar-refractivity contribution in [2.75, 3.05) is 18.0 Å². The second-order valence-electron chi connectivity index (χ2n) is 6.37. The number of nitrogens with one attached hydrogen (secondary N) is 1. The zero-order chi connectivity index (χ0) is 19.8. The molecule has 0 saturated carbocycles. The SMILES string of the molecule is CCN(Cc1ccccc1)c1nccc(C(=O)NCCc2ccc(F)cc2)n1. The molecule has 1 aromatic heterocycles. The smallest absolute Gasteiger partial charge is 0.270 e. The molecule has 0 radical (unpaired) electrons. The molecule has 5 nitrogen and oxygen atoms in total. The first-order valence-corrected chi connectivity index (χ1v) is 9.30. The van der Waals surface area contributed by atoms with Gasteiger partial charge in [0.15, 0.2) is 0 Å². The molecule has 0 spiro atoms. The van der Waals surface area contributed by atoms with Crippen molar-refractivity contribution in [3.8, 4) is 0 Å². The van der Waals surface area contributed by atoms with E-state index in [9.17, 15) is 9.18 Å². The molecule has 2 aromatic carbocycles. The lowest BCUT2D eigenvalue weighted by Gasteiger charge is -2.21. The van der Waals surface area contributed by atoms with Crippen LogP contribution in [0.15, 0.2) is 66.9 Å². The number of amides is 1. The molecule has 0 aliphatic rings. The van der Waals surface area contributed by atoms with Crippen molar-refractivity contribution in [2.24, 2.45) is 0 Å². The Morgan fingerprint density at radius 2 is 1.79 bits per heavy atom. The highest BCUT2D eigenvalue weighted by Crippen LogP contribution is 2.12. The van der Waals surface area contributed by atoms with Gasteiger partial charge in [0.05, 0.1) is 0 Å². The maximum Gasteiger partial charge on any atom is 0.270 e. The maximum atomic E-state index is 12.9. The molecule has 0 bridgehead atoms. The molecule has 0 saturated heterocycles. The second-order valence-corrected chi connectivity index (χ2v) is 6.37. The number of nitrogens with zero attached hydrogens (tertiary/aromatic N) is 3. The van der Waals surface area contributed by atoms with Crippen molar-refractivity contribution in [1.82, 2.24) is 15.3 Å². The van der Waals surface area contributed by atoms with E-state index >= 15 is 0 Å². The van der Waals surface area contributed by atoms with Gasteiger partial charge in [0.2, 0.25) is 5.95 Å². The lowest BCUT2D eigenvalue weighted by molar-refractivity contribution is 0.0949. The summed E-state index contributed by atoms with van der Waals surface area (Å²) in [4.78, 5) is 23.2. The summed E-state index contributed by atoms with van der Waals surface area (Å²) >= 11 is 0. The Balaban J connectivity index is 1.61. The molecule has 3 aromatic rings. The Kier molecular flexibility index (Phi) is 6.68. The Morgan fingerprint density at radius 3 is 2.50 bits per heavy atom. The first-order chi connectivity index (χ1) is 13.7. The Morgan fingerprint density at radius 1 is 1.04 bits per heavy atom. The van der Waals surface area contributed by atoms with E-state index in [0.29, 0.717) is 31.2 Å². The van der Waals surface area contributed by atoms with E-state index in [1.54, 1.807) is 24.4 Å². The van der Waals surface area contributed by atoms with Crippen LogP contribution in [0, 0.1) is 5.82 Å². The lowest BCUT2D eigenvalue weighted by Crippen LogP contribution is -2.29. The molecule has 1 N–H and O–H groups in total. The van der Waals surface area contributed by atoms with Crippen LogP contribution in [0.4, 0.5) is 10.3 Å². The number of hydrogen-bond donors (Lipinski definition) is 1. The van der Waals surface area contributed by atoms with Gasteiger partial charge in [-0.15, -0.1) is 0 Å². The molecule has 3 rings (SSSR count). The van der Waals surface area contributed by atoms with Crippen LogP contribution in [0.3, 0.4) is 0 Å². The number of rotatable bonds is 8. The quantitative estimate of drug-likeness (QED) is 0.651. The summed E-state index contributed by atoms with van der Waals surface area (Å²) in [6.45, 7) is 3.88. The predicted molar refractivity (Wildman–Crippen MR) is 108 cm³/mol. The molecule has 0 fully saturated rings. The molecule has 6 heteroatoms. The van der Waals surface area contributed by atoms with Gasteiger partial charge in [0, 0.05) is 25.8 Å². The monoisotopic (exact) mass is 378 g/mol. The van der Waals surface area contributed by atoms with E-state index in [0.717, 1.165) is 17.7 Å². The van der Waals surface area contributed by atoms with Gasteiger partial charge < -0.3 is 10.2 Å². The van der Waals surface area contributed by atoms with Crippen molar-refractivity contribution >= 4 is 11.9 Å². The molecule has 0 unspecified atom stereocenters. The number of benzene rings is 2. The molecule has 0 atom stereocenters. The average Bonchev–Trinajstić information content (AvgIpc) is 2.74. The summed E-state index contributed by atoms with van der Waals surface area (Å²) in [5, 5.41) is 2.85. The van der Waals surface area contributed by atoms with Crippen LogP contribution in [0.1, 0.15) is 28.5 Å². The van der Waals surface area contributed by atoms with Gasteiger partial charge in [0.1, 0.15) is 11.5 Å². The molecule has 0 aliphatic carbocycles. The lowest BCUT2D eigenvalue weighted by atomic mass is 10.1. The zero-order valence-electron chi connectivity index (χ0n) is 15.8. The van der Waals surface area contributed by atoms with Crippen LogP contribution in [-0.4, -0.2) is 29.0 Å². The van der Waals surface area contributed by atoms with Gasteiger partial charge in [-0.1, -0.05) is 42.5 Å². The first kappa shape index (κ1) is 19.5. The molecule has 144 valence electrons. The molecule has 28 heavy (non-hydrogen) atoms. The topological polar surface area (TPSA) is 58.1 Å². The number of hydrogen-bond acceptors (Lipinski definition) is 4. The van der Waals surface area contributed by atoms with E-state index in [2.05, 4.69) is 27.4 Å². The van der Waals surface area contributed by atoms with Crippen LogP contribution in [-0.2, 0) is 13.0 Å². The van der Waals surface area contributed by atoms with E-state index < -0.39 is 0 Å².